The molecule has 5 heteroatoms. The van der Waals surface area contributed by atoms with Gasteiger partial charge in [0.15, 0.2) is 0 Å². The van der Waals surface area contributed by atoms with Crippen LogP contribution in [0.1, 0.15) is 28.9 Å². The Balaban J connectivity index is 1.81. The highest BCUT2D eigenvalue weighted by atomic mass is 127. The number of carbonyl (C=O) groups is 1. The lowest BCUT2D eigenvalue weighted by molar-refractivity contribution is 0.0957. The lowest BCUT2D eigenvalue weighted by Gasteiger charge is -2.02. The highest BCUT2D eigenvalue weighted by molar-refractivity contribution is 14.1. The summed E-state index contributed by atoms with van der Waals surface area (Å²) in [6.07, 6.45) is 3.52. The molecule has 1 amide bonds. The SMILES string of the molecule is O=C(NCCCCCI)c1cc2sccc2s1. The van der Waals surface area contributed by atoms with Crippen LogP contribution in [-0.4, -0.2) is 16.9 Å². The largest absolute Gasteiger partial charge is 0.351 e. The fourth-order valence-corrected chi connectivity index (χ4v) is 4.13. The highest BCUT2D eigenvalue weighted by Crippen LogP contribution is 2.29. The Bertz CT molecular complexity index is 463. The van der Waals surface area contributed by atoms with Crippen molar-refractivity contribution in [3.63, 3.8) is 0 Å². The number of thiophene rings is 2. The van der Waals surface area contributed by atoms with Gasteiger partial charge in [0.2, 0.25) is 0 Å². The summed E-state index contributed by atoms with van der Waals surface area (Å²) in [6, 6.07) is 4.06. The van der Waals surface area contributed by atoms with Crippen LogP contribution in [0, 0.1) is 0 Å². The van der Waals surface area contributed by atoms with Crippen LogP contribution in [0.4, 0.5) is 0 Å². The van der Waals surface area contributed by atoms with E-state index >= 15 is 0 Å². The van der Waals surface area contributed by atoms with E-state index in [9.17, 15) is 4.79 Å². The maximum Gasteiger partial charge on any atom is 0.261 e. The van der Waals surface area contributed by atoms with E-state index in [1.54, 1.807) is 22.7 Å². The molecule has 2 rings (SSSR count). The van der Waals surface area contributed by atoms with E-state index in [1.165, 1.54) is 26.7 Å². The maximum atomic E-state index is 11.8. The molecular weight excluding hydrogens is 365 g/mol. The zero-order valence-corrected chi connectivity index (χ0v) is 13.2. The van der Waals surface area contributed by atoms with Crippen LogP contribution in [0.15, 0.2) is 17.5 Å². The monoisotopic (exact) mass is 379 g/mol. The first-order valence-corrected chi connectivity index (χ1v) is 8.84. The third kappa shape index (κ3) is 3.66. The zero-order chi connectivity index (χ0) is 12.1. The summed E-state index contributed by atoms with van der Waals surface area (Å²) < 4.78 is 3.63. The van der Waals surface area contributed by atoms with Crippen LogP contribution in [0.3, 0.4) is 0 Å². The molecule has 0 atom stereocenters. The van der Waals surface area contributed by atoms with Crippen LogP contribution < -0.4 is 5.32 Å². The van der Waals surface area contributed by atoms with Gasteiger partial charge in [-0.3, -0.25) is 4.79 Å². The lowest BCUT2D eigenvalue weighted by Crippen LogP contribution is -2.23. The van der Waals surface area contributed by atoms with Crippen LogP contribution in [0.5, 0.6) is 0 Å². The van der Waals surface area contributed by atoms with E-state index in [-0.39, 0.29) is 5.91 Å². The summed E-state index contributed by atoms with van der Waals surface area (Å²) in [5.41, 5.74) is 0. The van der Waals surface area contributed by atoms with Crippen molar-refractivity contribution in [2.75, 3.05) is 11.0 Å². The molecule has 2 aromatic heterocycles. The molecule has 0 saturated carbocycles. The first-order valence-electron chi connectivity index (χ1n) is 5.62. The standard InChI is InChI=1S/C12H14INOS2/c13-5-2-1-3-6-14-12(15)11-8-10-9(17-11)4-7-16-10/h4,7-8H,1-3,5-6H2,(H,14,15). The Morgan fingerprint density at radius 3 is 2.94 bits per heavy atom. The minimum atomic E-state index is 0.0767. The second kappa shape index (κ2) is 6.70. The molecule has 2 nitrogen and oxygen atoms in total. The fraction of sp³-hybridized carbons (Fsp3) is 0.417. The van der Waals surface area contributed by atoms with Gasteiger partial charge in [0.05, 0.1) is 4.88 Å². The first-order chi connectivity index (χ1) is 8.31. The lowest BCUT2D eigenvalue weighted by atomic mass is 10.2. The van der Waals surface area contributed by atoms with Gasteiger partial charge in [-0.2, -0.15) is 0 Å². The van der Waals surface area contributed by atoms with Gasteiger partial charge in [0, 0.05) is 15.9 Å². The molecule has 17 heavy (non-hydrogen) atoms. The summed E-state index contributed by atoms with van der Waals surface area (Å²) in [4.78, 5) is 12.7. The molecule has 0 aliphatic carbocycles. The van der Waals surface area contributed by atoms with Gasteiger partial charge in [-0.25, -0.2) is 0 Å². The smallest absolute Gasteiger partial charge is 0.261 e. The first kappa shape index (κ1) is 13.3. The molecule has 0 aromatic carbocycles. The van der Waals surface area contributed by atoms with Crippen LogP contribution >= 0.6 is 45.3 Å². The van der Waals surface area contributed by atoms with Crippen molar-refractivity contribution < 1.29 is 4.79 Å². The summed E-state index contributed by atoms with van der Waals surface area (Å²) in [5.74, 6) is 0.0767. The minimum absolute atomic E-state index is 0.0767. The fourth-order valence-electron chi connectivity index (χ4n) is 1.56. The van der Waals surface area contributed by atoms with E-state index in [0.29, 0.717) is 0 Å². The van der Waals surface area contributed by atoms with Gasteiger partial charge in [-0.15, -0.1) is 22.7 Å². The topological polar surface area (TPSA) is 29.1 Å². The Labute approximate surface area is 123 Å². The molecule has 0 saturated heterocycles. The molecule has 0 unspecified atom stereocenters. The van der Waals surface area contributed by atoms with Gasteiger partial charge >= 0.3 is 0 Å². The van der Waals surface area contributed by atoms with E-state index in [1.807, 2.05) is 6.07 Å². The maximum absolute atomic E-state index is 11.8. The van der Waals surface area contributed by atoms with Crippen molar-refractivity contribution in [1.29, 1.82) is 0 Å². The van der Waals surface area contributed by atoms with E-state index in [0.717, 1.165) is 17.8 Å². The number of hydrogen-bond acceptors (Lipinski definition) is 3. The molecule has 0 radical (unpaired) electrons. The van der Waals surface area contributed by atoms with Crippen molar-refractivity contribution in [2.45, 2.75) is 19.3 Å². The Morgan fingerprint density at radius 1 is 1.29 bits per heavy atom. The van der Waals surface area contributed by atoms with E-state index < -0.39 is 0 Å². The van der Waals surface area contributed by atoms with Crippen LogP contribution in [0.25, 0.3) is 9.40 Å². The van der Waals surface area contributed by atoms with Gasteiger partial charge < -0.3 is 5.32 Å². The average molecular weight is 379 g/mol. The van der Waals surface area contributed by atoms with Crippen molar-refractivity contribution in [3.8, 4) is 0 Å². The third-order valence-corrected chi connectivity index (χ3v) is 5.31. The van der Waals surface area contributed by atoms with Crippen molar-refractivity contribution >= 4 is 60.6 Å². The molecule has 0 bridgehead atoms. The quantitative estimate of drug-likeness (QED) is 0.453. The number of unbranched alkanes of at least 4 members (excludes halogenated alkanes) is 2. The minimum Gasteiger partial charge on any atom is -0.351 e. The predicted octanol–water partition coefficient (Wildman–Crippen LogP) is 4.30. The molecule has 0 aliphatic rings. The number of rotatable bonds is 6. The normalized spacial score (nSPS) is 10.9. The average Bonchev–Trinajstić information content (AvgIpc) is 2.88. The van der Waals surface area contributed by atoms with Crippen molar-refractivity contribution in [2.24, 2.45) is 0 Å². The van der Waals surface area contributed by atoms with E-state index in [2.05, 4.69) is 39.4 Å². The van der Waals surface area contributed by atoms with Crippen LogP contribution in [-0.2, 0) is 0 Å². The summed E-state index contributed by atoms with van der Waals surface area (Å²) in [6.45, 7) is 0.793. The third-order valence-electron chi connectivity index (χ3n) is 2.46. The number of alkyl halides is 1. The molecule has 0 aliphatic heterocycles. The number of fused-ring (bicyclic) bond motifs is 1. The van der Waals surface area contributed by atoms with Gasteiger partial charge in [0.25, 0.3) is 5.91 Å². The van der Waals surface area contributed by atoms with Gasteiger partial charge in [0.1, 0.15) is 0 Å². The van der Waals surface area contributed by atoms with Crippen molar-refractivity contribution in [3.05, 3.63) is 22.4 Å². The molecule has 0 spiro atoms. The molecule has 92 valence electrons. The number of halogens is 1. The molecule has 2 heterocycles. The molecule has 2 aromatic rings. The Morgan fingerprint density at radius 2 is 2.18 bits per heavy atom. The molecular formula is C12H14INOS2. The summed E-state index contributed by atoms with van der Waals surface area (Å²) in [5, 5.41) is 5.04. The summed E-state index contributed by atoms with van der Waals surface area (Å²) in [7, 11) is 0. The zero-order valence-electron chi connectivity index (χ0n) is 9.37. The Kier molecular flexibility index (Phi) is 5.24. The summed E-state index contributed by atoms with van der Waals surface area (Å²) >= 11 is 5.65. The van der Waals surface area contributed by atoms with E-state index in [4.69, 9.17) is 0 Å². The second-order valence-electron chi connectivity index (χ2n) is 3.77. The van der Waals surface area contributed by atoms with Crippen LogP contribution in [0.2, 0.25) is 0 Å². The van der Waals surface area contributed by atoms with Gasteiger partial charge in [-0.05, 0) is 34.8 Å². The Hall–Kier alpha value is -0.140. The number of carbonyl (C=O) groups excluding carboxylic acids is 1. The predicted molar refractivity (Wildman–Crippen MR) is 84.8 cm³/mol. The molecule has 1 N–H and O–H groups in total. The van der Waals surface area contributed by atoms with Crippen molar-refractivity contribution in [1.82, 2.24) is 5.32 Å². The number of hydrogen-bond donors (Lipinski definition) is 1. The van der Waals surface area contributed by atoms with Gasteiger partial charge in [-0.1, -0.05) is 29.0 Å². The number of amides is 1. The second-order valence-corrected chi connectivity index (χ2v) is 6.88. The highest BCUT2D eigenvalue weighted by Gasteiger charge is 2.09. The number of nitrogens with one attached hydrogen (secondary N) is 1. The molecule has 0 fully saturated rings.